The Labute approximate surface area is 182 Å². The fourth-order valence-corrected chi connectivity index (χ4v) is 3.49. The molecule has 0 aliphatic carbocycles. The van der Waals surface area contributed by atoms with Crippen LogP contribution in [0.2, 0.25) is 0 Å². The van der Waals surface area contributed by atoms with E-state index in [0.29, 0.717) is 28.1 Å². The molecule has 1 aliphatic rings. The molecule has 0 saturated carbocycles. The number of hydrogen-bond acceptors (Lipinski definition) is 5. The fraction of sp³-hybridized carbons (Fsp3) is 0.227. The zero-order valence-corrected chi connectivity index (χ0v) is 18.4. The van der Waals surface area contributed by atoms with Gasteiger partial charge in [-0.25, -0.2) is 0 Å². The van der Waals surface area contributed by atoms with Gasteiger partial charge in [0, 0.05) is 17.0 Å². The summed E-state index contributed by atoms with van der Waals surface area (Å²) in [5.41, 5.74) is 2.38. The summed E-state index contributed by atoms with van der Waals surface area (Å²) in [7, 11) is 1.55. The summed E-state index contributed by atoms with van der Waals surface area (Å²) in [6, 6.07) is 11.4. The second kappa shape index (κ2) is 9.13. The van der Waals surface area contributed by atoms with Crippen molar-refractivity contribution < 1.29 is 23.9 Å². The van der Waals surface area contributed by atoms with Crippen molar-refractivity contribution in [1.29, 1.82) is 0 Å². The molecule has 0 atom stereocenters. The summed E-state index contributed by atoms with van der Waals surface area (Å²) in [4.78, 5) is 37.1. The third-order valence-electron chi connectivity index (χ3n) is 4.61. The normalized spacial score (nSPS) is 15.2. The number of ether oxygens (including phenoxy) is 2. The molecule has 3 rings (SSSR count). The highest BCUT2D eigenvalue weighted by atomic mass is 79.9. The summed E-state index contributed by atoms with van der Waals surface area (Å²) >= 11 is 3.52. The van der Waals surface area contributed by atoms with Gasteiger partial charge in [-0.05, 0) is 46.1 Å². The van der Waals surface area contributed by atoms with E-state index >= 15 is 0 Å². The van der Waals surface area contributed by atoms with Crippen molar-refractivity contribution >= 4 is 39.7 Å². The lowest BCUT2D eigenvalue weighted by molar-refractivity contribution is -0.147. The van der Waals surface area contributed by atoms with Crippen LogP contribution in [0.5, 0.6) is 11.5 Å². The summed E-state index contributed by atoms with van der Waals surface area (Å²) < 4.78 is 12.2. The van der Waals surface area contributed by atoms with Gasteiger partial charge in [0.05, 0.1) is 7.11 Å². The van der Waals surface area contributed by atoms with Crippen molar-refractivity contribution in [2.45, 2.75) is 20.5 Å². The highest BCUT2D eigenvalue weighted by Gasteiger charge is 2.31. The van der Waals surface area contributed by atoms with E-state index in [1.54, 1.807) is 13.2 Å². The molecule has 30 heavy (non-hydrogen) atoms. The maximum absolute atomic E-state index is 12.6. The quantitative estimate of drug-likeness (QED) is 0.675. The molecule has 1 N–H and O–H groups in total. The molecular formula is C22H21BrN2O5. The van der Waals surface area contributed by atoms with E-state index in [9.17, 15) is 14.4 Å². The lowest BCUT2D eigenvalue weighted by Crippen LogP contribution is -2.51. The van der Waals surface area contributed by atoms with Gasteiger partial charge in [-0.2, -0.15) is 0 Å². The Bertz CT molecular complexity index is 1030. The molecule has 0 spiro atoms. The minimum Gasteiger partial charge on any atom is -0.493 e. The first-order valence-corrected chi connectivity index (χ1v) is 9.99. The van der Waals surface area contributed by atoms with E-state index in [1.807, 2.05) is 37.3 Å². The maximum Gasteiger partial charge on any atom is 0.277 e. The number of imide groups is 1. The first-order valence-electron chi connectivity index (χ1n) is 9.19. The van der Waals surface area contributed by atoms with Crippen molar-refractivity contribution in [2.75, 3.05) is 13.7 Å². The number of nitrogens with zero attached hydrogens (tertiary/aromatic N) is 1. The molecule has 0 radical (unpaired) electrons. The Hall–Kier alpha value is -3.13. The first-order chi connectivity index (χ1) is 14.3. The monoisotopic (exact) mass is 472 g/mol. The van der Waals surface area contributed by atoms with Crippen LogP contribution in [-0.2, 0) is 21.0 Å². The lowest BCUT2D eigenvalue weighted by Gasteiger charge is -2.25. The SMILES string of the molecule is COc1c(OCc2ccccc2)cc(/C=C2\NC(=O)CN(C(C)=O)C2=O)c(Br)c1C. The van der Waals surface area contributed by atoms with Crippen LogP contribution >= 0.6 is 15.9 Å². The molecule has 2 aromatic carbocycles. The summed E-state index contributed by atoms with van der Waals surface area (Å²) in [6.07, 6.45) is 1.52. The maximum atomic E-state index is 12.6. The third kappa shape index (κ3) is 4.54. The Morgan fingerprint density at radius 2 is 1.97 bits per heavy atom. The van der Waals surface area contributed by atoms with Crippen molar-refractivity contribution in [3.63, 3.8) is 0 Å². The topological polar surface area (TPSA) is 84.9 Å². The van der Waals surface area contributed by atoms with Gasteiger partial charge in [0.15, 0.2) is 11.5 Å². The van der Waals surface area contributed by atoms with Crippen molar-refractivity contribution in [3.8, 4) is 11.5 Å². The molecule has 1 heterocycles. The Balaban J connectivity index is 1.99. The molecule has 0 aromatic heterocycles. The predicted octanol–water partition coefficient (Wildman–Crippen LogP) is 3.19. The van der Waals surface area contributed by atoms with Crippen LogP contribution in [-0.4, -0.2) is 36.3 Å². The van der Waals surface area contributed by atoms with E-state index in [4.69, 9.17) is 9.47 Å². The van der Waals surface area contributed by atoms with E-state index in [0.717, 1.165) is 16.0 Å². The number of amides is 3. The standard InChI is InChI=1S/C22H21BrN2O5/c1-13-20(23)16(9-17-22(28)25(14(2)26)11-19(27)24-17)10-18(21(13)29-3)30-12-15-7-5-4-6-8-15/h4-10H,11-12H2,1-3H3,(H,24,27)/b17-9-. The summed E-state index contributed by atoms with van der Waals surface area (Å²) in [6.45, 7) is 3.14. The minimum atomic E-state index is -0.561. The molecule has 3 amide bonds. The van der Waals surface area contributed by atoms with Crippen molar-refractivity contribution in [3.05, 3.63) is 63.3 Å². The van der Waals surface area contributed by atoms with E-state index < -0.39 is 17.7 Å². The van der Waals surface area contributed by atoms with Crippen LogP contribution in [0.25, 0.3) is 6.08 Å². The lowest BCUT2D eigenvalue weighted by atomic mass is 10.1. The highest BCUT2D eigenvalue weighted by Crippen LogP contribution is 2.39. The minimum absolute atomic E-state index is 0.0146. The third-order valence-corrected chi connectivity index (χ3v) is 5.66. The Morgan fingerprint density at radius 1 is 1.27 bits per heavy atom. The van der Waals surface area contributed by atoms with Crippen LogP contribution in [0.1, 0.15) is 23.6 Å². The molecule has 1 aliphatic heterocycles. The zero-order valence-electron chi connectivity index (χ0n) is 16.8. The molecular weight excluding hydrogens is 452 g/mol. The van der Waals surface area contributed by atoms with Crippen molar-refractivity contribution in [2.24, 2.45) is 0 Å². The molecule has 0 unspecified atom stereocenters. The number of carbonyl (C=O) groups is 3. The van der Waals surface area contributed by atoms with Crippen LogP contribution < -0.4 is 14.8 Å². The Morgan fingerprint density at radius 3 is 2.60 bits per heavy atom. The molecule has 2 aromatic rings. The average Bonchev–Trinajstić information content (AvgIpc) is 2.73. The van der Waals surface area contributed by atoms with Gasteiger partial charge in [0.1, 0.15) is 18.8 Å². The number of hydrogen-bond donors (Lipinski definition) is 1. The number of benzene rings is 2. The number of rotatable bonds is 5. The molecule has 7 nitrogen and oxygen atoms in total. The number of nitrogens with one attached hydrogen (secondary N) is 1. The van der Waals surface area contributed by atoms with Crippen molar-refractivity contribution in [1.82, 2.24) is 10.2 Å². The van der Waals surface area contributed by atoms with Gasteiger partial charge in [0.2, 0.25) is 11.8 Å². The van der Waals surface area contributed by atoms with E-state index in [1.165, 1.54) is 13.0 Å². The summed E-state index contributed by atoms with van der Waals surface area (Å²) in [5.74, 6) is -0.430. The molecule has 0 bridgehead atoms. The van der Waals surface area contributed by atoms with Gasteiger partial charge < -0.3 is 14.8 Å². The smallest absolute Gasteiger partial charge is 0.277 e. The van der Waals surface area contributed by atoms with E-state index in [-0.39, 0.29) is 12.2 Å². The second-order valence-corrected chi connectivity index (χ2v) is 7.52. The zero-order chi connectivity index (χ0) is 21.8. The number of methoxy groups -OCH3 is 1. The predicted molar refractivity (Wildman–Crippen MR) is 115 cm³/mol. The van der Waals surface area contributed by atoms with Crippen LogP contribution in [0.15, 0.2) is 46.6 Å². The van der Waals surface area contributed by atoms with Gasteiger partial charge >= 0.3 is 0 Å². The number of carbonyl (C=O) groups excluding carboxylic acids is 3. The van der Waals surface area contributed by atoms with Gasteiger partial charge in [-0.1, -0.05) is 30.3 Å². The molecule has 1 fully saturated rings. The first kappa shape index (κ1) is 21.6. The summed E-state index contributed by atoms with van der Waals surface area (Å²) in [5, 5.41) is 2.54. The highest BCUT2D eigenvalue weighted by molar-refractivity contribution is 9.10. The molecule has 1 saturated heterocycles. The van der Waals surface area contributed by atoms with E-state index in [2.05, 4.69) is 21.2 Å². The molecule has 156 valence electrons. The molecule has 8 heteroatoms. The fourth-order valence-electron chi connectivity index (χ4n) is 3.08. The number of piperazine rings is 1. The van der Waals surface area contributed by atoms with Gasteiger partial charge in [-0.15, -0.1) is 0 Å². The van der Waals surface area contributed by atoms with Crippen LogP contribution in [0.3, 0.4) is 0 Å². The Kier molecular flexibility index (Phi) is 6.56. The van der Waals surface area contributed by atoms with Gasteiger partial charge in [-0.3, -0.25) is 19.3 Å². The number of halogens is 1. The van der Waals surface area contributed by atoms with Crippen LogP contribution in [0.4, 0.5) is 0 Å². The van der Waals surface area contributed by atoms with Gasteiger partial charge in [0.25, 0.3) is 5.91 Å². The van der Waals surface area contributed by atoms with Crippen LogP contribution in [0, 0.1) is 6.92 Å². The average molecular weight is 473 g/mol. The largest absolute Gasteiger partial charge is 0.493 e. The second-order valence-electron chi connectivity index (χ2n) is 6.73.